The molecule has 0 atom stereocenters. The van der Waals surface area contributed by atoms with Crippen LogP contribution in [0.25, 0.3) is 39.3 Å². The second-order valence-electron chi connectivity index (χ2n) is 10.4. The van der Waals surface area contributed by atoms with Crippen LogP contribution in [0.2, 0.25) is 0 Å². The average Bonchev–Trinajstić information content (AvgIpc) is 3.73. The Bertz CT molecular complexity index is 1800. The van der Waals surface area contributed by atoms with E-state index in [1.54, 1.807) is 36.8 Å². The van der Waals surface area contributed by atoms with E-state index in [0.29, 0.717) is 52.7 Å². The Morgan fingerprint density at radius 3 is 2.76 bits per heavy atom. The second-order valence-corrected chi connectivity index (χ2v) is 10.4. The maximum atomic E-state index is 14.8. The summed E-state index contributed by atoms with van der Waals surface area (Å²) in [4.78, 5) is 19.7. The molecule has 5 aromatic rings. The Hall–Kier alpha value is -4.83. The molecular formula is C31H29FN8O. The third-order valence-corrected chi connectivity index (χ3v) is 7.61. The lowest BCUT2D eigenvalue weighted by molar-refractivity contribution is 0.237. The van der Waals surface area contributed by atoms with Gasteiger partial charge in [0.15, 0.2) is 11.5 Å². The molecule has 10 heteroatoms. The lowest BCUT2D eigenvalue weighted by Crippen LogP contribution is -2.25. The number of hydrogen-bond donors (Lipinski definition) is 3. The van der Waals surface area contributed by atoms with Gasteiger partial charge in [-0.3, -0.25) is 15.0 Å². The Morgan fingerprint density at radius 2 is 1.88 bits per heavy atom. The standard InChI is InChI=1S/C31H29FN8O/c32-26-6-2-1-5-23(26)24-8-7-21(33)15-27-28(24)37-31(36-27)29-25-14-20(17-35-30(25)39-38-29)19-13-22(18-34-16-19)41-12-11-40-9-3-4-10-40/h1-2,5-8,13-14,16-18H,3-4,9-12,15,33H2,(H,36,37)(H,35,38,39). The summed E-state index contributed by atoms with van der Waals surface area (Å²) in [5.41, 5.74) is 12.5. The highest BCUT2D eigenvalue weighted by molar-refractivity contribution is 5.92. The number of imidazole rings is 1. The molecular weight excluding hydrogens is 519 g/mol. The Kier molecular flexibility index (Phi) is 6.52. The quantitative estimate of drug-likeness (QED) is 0.266. The van der Waals surface area contributed by atoms with Crippen LogP contribution in [0.3, 0.4) is 0 Å². The molecule has 1 saturated heterocycles. The molecule has 4 N–H and O–H groups in total. The molecule has 41 heavy (non-hydrogen) atoms. The number of ether oxygens (including phenoxy) is 1. The molecule has 9 nitrogen and oxygen atoms in total. The molecule has 2 aliphatic rings. The summed E-state index contributed by atoms with van der Waals surface area (Å²) in [5.74, 6) is 0.979. The van der Waals surface area contributed by atoms with Crippen LogP contribution in [0.4, 0.5) is 4.39 Å². The number of halogens is 1. The minimum Gasteiger partial charge on any atom is -0.491 e. The van der Waals surface area contributed by atoms with Gasteiger partial charge in [0, 0.05) is 59.0 Å². The molecule has 0 amide bonds. The molecule has 206 valence electrons. The first-order chi connectivity index (χ1) is 20.1. The van der Waals surface area contributed by atoms with E-state index in [1.807, 2.05) is 24.3 Å². The number of likely N-dealkylation sites (tertiary alicyclic amines) is 1. The number of aromatic nitrogens is 6. The van der Waals surface area contributed by atoms with Crippen LogP contribution in [0.5, 0.6) is 5.75 Å². The molecule has 7 rings (SSSR count). The number of nitrogens with one attached hydrogen (secondary N) is 2. The summed E-state index contributed by atoms with van der Waals surface area (Å²) in [6, 6.07) is 10.7. The van der Waals surface area contributed by atoms with Crippen molar-refractivity contribution in [2.45, 2.75) is 19.3 Å². The van der Waals surface area contributed by atoms with Gasteiger partial charge in [-0.15, -0.1) is 0 Å². The van der Waals surface area contributed by atoms with Crippen molar-refractivity contribution >= 4 is 16.6 Å². The van der Waals surface area contributed by atoms with Gasteiger partial charge in [0.2, 0.25) is 0 Å². The maximum absolute atomic E-state index is 14.8. The normalized spacial score (nSPS) is 15.4. The van der Waals surface area contributed by atoms with E-state index in [2.05, 4.69) is 30.0 Å². The fourth-order valence-electron chi connectivity index (χ4n) is 5.50. The van der Waals surface area contributed by atoms with E-state index >= 15 is 0 Å². The monoisotopic (exact) mass is 548 g/mol. The van der Waals surface area contributed by atoms with Crippen molar-refractivity contribution in [3.05, 3.63) is 95.6 Å². The van der Waals surface area contributed by atoms with Crippen molar-refractivity contribution < 1.29 is 9.13 Å². The number of rotatable bonds is 7. The number of H-pyrrole nitrogens is 2. The minimum atomic E-state index is -0.320. The van der Waals surface area contributed by atoms with Gasteiger partial charge in [0.1, 0.15) is 23.9 Å². The molecule has 0 unspecified atom stereocenters. The van der Waals surface area contributed by atoms with Gasteiger partial charge in [-0.25, -0.2) is 14.4 Å². The Balaban J connectivity index is 1.20. The van der Waals surface area contributed by atoms with E-state index in [-0.39, 0.29) is 5.82 Å². The summed E-state index contributed by atoms with van der Waals surface area (Å²) >= 11 is 0. The molecule has 0 saturated carbocycles. The van der Waals surface area contributed by atoms with Crippen LogP contribution in [0.1, 0.15) is 29.8 Å². The summed E-state index contributed by atoms with van der Waals surface area (Å²) in [5, 5.41) is 8.29. The topological polar surface area (TPSA) is 122 Å². The number of pyridine rings is 2. The van der Waals surface area contributed by atoms with Crippen LogP contribution in [-0.4, -0.2) is 61.3 Å². The highest BCUT2D eigenvalue weighted by Crippen LogP contribution is 2.34. The van der Waals surface area contributed by atoms with Crippen molar-refractivity contribution in [2.24, 2.45) is 5.73 Å². The summed E-state index contributed by atoms with van der Waals surface area (Å²) in [6.07, 6.45) is 11.9. The number of benzene rings is 1. The van der Waals surface area contributed by atoms with Crippen molar-refractivity contribution in [2.75, 3.05) is 26.2 Å². The highest BCUT2D eigenvalue weighted by Gasteiger charge is 2.23. The van der Waals surface area contributed by atoms with Crippen LogP contribution in [0, 0.1) is 5.82 Å². The molecule has 5 heterocycles. The van der Waals surface area contributed by atoms with E-state index in [9.17, 15) is 4.39 Å². The van der Waals surface area contributed by atoms with Crippen LogP contribution in [-0.2, 0) is 6.42 Å². The first-order valence-corrected chi connectivity index (χ1v) is 13.8. The van der Waals surface area contributed by atoms with Gasteiger partial charge >= 0.3 is 0 Å². The molecule has 0 radical (unpaired) electrons. The molecule has 4 aromatic heterocycles. The number of aromatic amines is 2. The van der Waals surface area contributed by atoms with E-state index in [4.69, 9.17) is 15.5 Å². The van der Waals surface area contributed by atoms with E-state index in [1.165, 1.54) is 18.9 Å². The fraction of sp³-hybridized carbons (Fsp3) is 0.226. The third kappa shape index (κ3) is 4.98. The lowest BCUT2D eigenvalue weighted by Gasteiger charge is -2.15. The molecule has 1 aliphatic heterocycles. The van der Waals surface area contributed by atoms with Crippen molar-refractivity contribution in [3.63, 3.8) is 0 Å². The maximum Gasteiger partial charge on any atom is 0.181 e. The van der Waals surface area contributed by atoms with Gasteiger partial charge in [0.05, 0.1) is 17.3 Å². The molecule has 0 bridgehead atoms. The number of nitrogens with two attached hydrogens (primary N) is 1. The largest absolute Gasteiger partial charge is 0.491 e. The van der Waals surface area contributed by atoms with Crippen molar-refractivity contribution in [1.29, 1.82) is 0 Å². The third-order valence-electron chi connectivity index (χ3n) is 7.61. The predicted octanol–water partition coefficient (Wildman–Crippen LogP) is 4.85. The van der Waals surface area contributed by atoms with Gasteiger partial charge in [-0.2, -0.15) is 5.10 Å². The number of fused-ring (bicyclic) bond motifs is 2. The molecule has 0 spiro atoms. The zero-order valence-corrected chi connectivity index (χ0v) is 22.4. The number of hydrogen-bond acceptors (Lipinski definition) is 7. The van der Waals surface area contributed by atoms with Gasteiger partial charge in [0.25, 0.3) is 0 Å². The lowest BCUT2D eigenvalue weighted by atomic mass is 10.0. The first kappa shape index (κ1) is 25.2. The zero-order valence-electron chi connectivity index (χ0n) is 22.4. The Labute approximate surface area is 236 Å². The van der Waals surface area contributed by atoms with E-state index in [0.717, 1.165) is 47.6 Å². The van der Waals surface area contributed by atoms with Gasteiger partial charge in [-0.05, 0) is 50.2 Å². The first-order valence-electron chi connectivity index (χ1n) is 13.8. The van der Waals surface area contributed by atoms with Crippen LogP contribution >= 0.6 is 0 Å². The van der Waals surface area contributed by atoms with Gasteiger partial charge in [-0.1, -0.05) is 24.3 Å². The average molecular weight is 549 g/mol. The fourth-order valence-corrected chi connectivity index (χ4v) is 5.50. The second kappa shape index (κ2) is 10.6. The molecule has 1 fully saturated rings. The summed E-state index contributed by atoms with van der Waals surface area (Å²) in [6.45, 7) is 3.83. The highest BCUT2D eigenvalue weighted by atomic mass is 19.1. The van der Waals surface area contributed by atoms with Crippen molar-refractivity contribution in [1.82, 2.24) is 35.0 Å². The van der Waals surface area contributed by atoms with Crippen LogP contribution < -0.4 is 10.5 Å². The molecule has 1 aliphatic carbocycles. The van der Waals surface area contributed by atoms with Gasteiger partial charge < -0.3 is 15.5 Å². The zero-order chi connectivity index (χ0) is 27.8. The smallest absolute Gasteiger partial charge is 0.181 e. The predicted molar refractivity (Wildman–Crippen MR) is 155 cm³/mol. The SMILES string of the molecule is NC1=CC=C(c2ccccc2F)c2nc(-c3[nH]nc4ncc(-c5cncc(OCCN6CCCC6)c5)cc34)[nH]c2C1. The summed E-state index contributed by atoms with van der Waals surface area (Å²) < 4.78 is 20.8. The van der Waals surface area contributed by atoms with Crippen molar-refractivity contribution in [3.8, 4) is 28.4 Å². The van der Waals surface area contributed by atoms with E-state index < -0.39 is 0 Å². The molecule has 1 aromatic carbocycles. The van der Waals surface area contributed by atoms with Crippen LogP contribution in [0.15, 0.2) is 72.8 Å². The summed E-state index contributed by atoms with van der Waals surface area (Å²) in [7, 11) is 0. The Morgan fingerprint density at radius 1 is 1.02 bits per heavy atom. The minimum absolute atomic E-state index is 0.320. The number of allylic oxidation sites excluding steroid dienone is 3. The number of nitrogens with zero attached hydrogens (tertiary/aromatic N) is 5.